The van der Waals surface area contributed by atoms with Crippen molar-refractivity contribution in [3.8, 4) is 5.88 Å². The molecule has 0 saturated carbocycles. The van der Waals surface area contributed by atoms with Crippen molar-refractivity contribution in [1.29, 1.82) is 0 Å². The zero-order valence-electron chi connectivity index (χ0n) is 25.0. The first kappa shape index (κ1) is 35.3. The predicted octanol–water partition coefficient (Wildman–Crippen LogP) is 4.19. The van der Waals surface area contributed by atoms with E-state index < -0.39 is 5.95 Å². The average molecular weight is 732 g/mol. The summed E-state index contributed by atoms with van der Waals surface area (Å²) in [6, 6.07) is 26.5. The summed E-state index contributed by atoms with van der Waals surface area (Å²) in [5.41, 5.74) is 4.09. The maximum Gasteiger partial charge on any atom is 1.00 e. The fraction of sp³-hybridized carbons (Fsp3) is 0.125. The van der Waals surface area contributed by atoms with Gasteiger partial charge < -0.3 is 11.3 Å². The van der Waals surface area contributed by atoms with Crippen LogP contribution in [0.3, 0.4) is 0 Å². The maximum atomic E-state index is 12.5. The van der Waals surface area contributed by atoms with Gasteiger partial charge in [0, 0.05) is 30.9 Å². The van der Waals surface area contributed by atoms with Crippen molar-refractivity contribution in [2.45, 2.75) is 26.3 Å². The second-order valence-corrected chi connectivity index (χ2v) is 11.0. The van der Waals surface area contributed by atoms with Crippen LogP contribution < -0.4 is 34.3 Å². The molecule has 0 amide bonds. The third-order valence-electron chi connectivity index (χ3n) is 5.73. The number of rotatable bonds is 8. The van der Waals surface area contributed by atoms with Crippen LogP contribution in [0.5, 0.6) is 5.88 Å². The van der Waals surface area contributed by atoms with Gasteiger partial charge in [0.1, 0.15) is 6.61 Å². The first-order valence-electron chi connectivity index (χ1n) is 13.2. The van der Waals surface area contributed by atoms with Gasteiger partial charge in [-0.2, -0.15) is 14.6 Å². The number of nitrogens with zero attached hydrogens (tertiary/aromatic N) is 6. The Morgan fingerprint density at radius 1 is 0.659 bits per heavy atom. The molecule has 0 fully saturated rings. The van der Waals surface area contributed by atoms with Crippen molar-refractivity contribution >= 4 is 31.9 Å². The number of pyridine rings is 2. The first-order valence-corrected chi connectivity index (χ1v) is 14.8. The largest absolute Gasteiger partial charge is 1.00 e. The molecule has 0 bridgehead atoms. The molecule has 0 radical (unpaired) electrons. The van der Waals surface area contributed by atoms with E-state index in [2.05, 4.69) is 52.0 Å². The Kier molecular flexibility index (Phi) is 15.4. The molecule has 0 spiro atoms. The number of hydrogen-bond acceptors (Lipinski definition) is 6. The molecule has 44 heavy (non-hydrogen) atoms. The van der Waals surface area contributed by atoms with Crippen molar-refractivity contribution < 1.29 is 45.2 Å². The molecule has 0 saturated heterocycles. The molecule has 2 aromatic carbocycles. The van der Waals surface area contributed by atoms with E-state index in [-0.39, 0.29) is 37.6 Å². The van der Waals surface area contributed by atoms with E-state index in [1.54, 1.807) is 23.1 Å². The molecule has 0 atom stereocenters. The van der Waals surface area contributed by atoms with E-state index in [0.717, 1.165) is 31.2 Å². The quantitative estimate of drug-likeness (QED) is 0.187. The summed E-state index contributed by atoms with van der Waals surface area (Å²) in [5.74, 6) is 0.166. The number of benzene rings is 2. The number of aliphatic hydroxyl groups excluding tert-OH is 1. The van der Waals surface area contributed by atoms with Gasteiger partial charge in [-0.3, -0.25) is 9.36 Å². The topological polar surface area (TPSA) is 90.9 Å². The molecule has 8 nitrogen and oxygen atoms in total. The molecule has 4 heterocycles. The van der Waals surface area contributed by atoms with Crippen LogP contribution in [0.4, 0.5) is 4.39 Å². The number of aliphatic hydroxyl groups is 1. The minimum absolute atomic E-state index is 0. The van der Waals surface area contributed by atoms with Crippen molar-refractivity contribution in [3.05, 3.63) is 159 Å². The van der Waals surface area contributed by atoms with Crippen molar-refractivity contribution in [1.82, 2.24) is 29.5 Å². The molecule has 4 aromatic heterocycles. The summed E-state index contributed by atoms with van der Waals surface area (Å²) in [4.78, 5) is 7.88. The van der Waals surface area contributed by atoms with E-state index in [1.807, 2.05) is 96.1 Å². The minimum Gasteiger partial charge on any atom is -1.00 e. The van der Waals surface area contributed by atoms with Crippen molar-refractivity contribution in [3.63, 3.8) is 0 Å². The molecule has 0 aliphatic carbocycles. The molecule has 0 aliphatic rings. The average Bonchev–Trinajstić information content (AvgIpc) is 3.66. The van der Waals surface area contributed by atoms with Gasteiger partial charge in [0.15, 0.2) is 0 Å². The van der Waals surface area contributed by atoms with Crippen molar-refractivity contribution in [2.24, 2.45) is 0 Å². The van der Waals surface area contributed by atoms with E-state index in [1.165, 1.54) is 12.3 Å². The van der Waals surface area contributed by atoms with Gasteiger partial charge in [-0.1, -0.05) is 72.8 Å². The van der Waals surface area contributed by atoms with Crippen LogP contribution in [-0.2, 0) is 26.3 Å². The fourth-order valence-electron chi connectivity index (χ4n) is 3.63. The molecule has 6 aromatic rings. The van der Waals surface area contributed by atoms with Gasteiger partial charge >= 0.3 is 29.6 Å². The Morgan fingerprint density at radius 2 is 1.18 bits per heavy atom. The Labute approximate surface area is 296 Å². The van der Waals surface area contributed by atoms with Crippen LogP contribution in [0, 0.1) is 5.95 Å². The van der Waals surface area contributed by atoms with Crippen LogP contribution in [0.25, 0.3) is 0 Å². The second-order valence-electron chi connectivity index (χ2n) is 9.12. The van der Waals surface area contributed by atoms with Crippen LogP contribution >= 0.6 is 31.9 Å². The normalized spacial score (nSPS) is 10.0. The van der Waals surface area contributed by atoms with Gasteiger partial charge in [0.05, 0.1) is 41.0 Å². The van der Waals surface area contributed by atoms with Gasteiger partial charge in [-0.25, -0.2) is 9.97 Å². The second kappa shape index (κ2) is 19.3. The summed E-state index contributed by atoms with van der Waals surface area (Å²) in [7, 11) is 0. The molecular formula is C32H30Br2FN6NaO2. The summed E-state index contributed by atoms with van der Waals surface area (Å²) in [6.07, 6.45) is 10.6. The van der Waals surface area contributed by atoms with Crippen LogP contribution in [0.2, 0.25) is 0 Å². The predicted molar refractivity (Wildman–Crippen MR) is 171 cm³/mol. The Balaban J connectivity index is 0.000000254. The Bertz CT molecular complexity index is 1640. The van der Waals surface area contributed by atoms with Gasteiger partial charge in [0.25, 0.3) is 0 Å². The Morgan fingerprint density at radius 3 is 1.59 bits per heavy atom. The maximum absolute atomic E-state index is 12.5. The van der Waals surface area contributed by atoms with Crippen LogP contribution in [-0.4, -0.2) is 34.6 Å². The van der Waals surface area contributed by atoms with Gasteiger partial charge in [0.2, 0.25) is 11.8 Å². The number of halogens is 3. The number of hydrogen-bond donors (Lipinski definition) is 1. The van der Waals surface area contributed by atoms with E-state index in [0.29, 0.717) is 25.6 Å². The summed E-state index contributed by atoms with van der Waals surface area (Å²) in [5, 5.41) is 16.8. The monoisotopic (exact) mass is 730 g/mol. The molecule has 222 valence electrons. The SMILES string of the molecule is Brc1cnn(Cc2ccc(OCc3ccccc3)nc2)c1.Fc1ccc(Cn2cc(Br)cn2)cn1.OCc1ccccc1.[H-].[Na+]. The molecule has 0 aliphatic heterocycles. The molecule has 6 rings (SSSR count). The molecule has 1 N–H and O–H groups in total. The fourth-order valence-corrected chi connectivity index (χ4v) is 4.28. The number of ether oxygens (including phenoxy) is 1. The van der Waals surface area contributed by atoms with Crippen LogP contribution in [0.1, 0.15) is 23.7 Å². The smallest absolute Gasteiger partial charge is 1.00 e. The van der Waals surface area contributed by atoms with E-state index in [9.17, 15) is 4.39 Å². The molecule has 12 heteroatoms. The van der Waals surface area contributed by atoms with E-state index in [4.69, 9.17) is 9.84 Å². The summed E-state index contributed by atoms with van der Waals surface area (Å²) < 4.78 is 23.6. The first-order chi connectivity index (χ1) is 21.0. The standard InChI is InChI=1S/C16H14BrN3O.C9H7BrFN3.C7H8O.Na.H/c17-15-9-19-20(11-15)10-14-6-7-16(18-8-14)21-12-13-4-2-1-3-5-13;10-8-4-13-14(6-8)5-7-1-2-9(11)12-3-7;8-6-7-4-2-1-3-5-7;;/h1-9,11H,10,12H2;1-4,6H,5H2;1-5,8H,6H2;;/q;;;+1;-1. The third kappa shape index (κ3) is 12.8. The third-order valence-corrected chi connectivity index (χ3v) is 6.55. The van der Waals surface area contributed by atoms with Crippen molar-refractivity contribution in [2.75, 3.05) is 0 Å². The van der Waals surface area contributed by atoms with Gasteiger partial charge in [-0.15, -0.1) is 0 Å². The summed E-state index contributed by atoms with van der Waals surface area (Å²) >= 11 is 6.68. The van der Waals surface area contributed by atoms with E-state index >= 15 is 0 Å². The zero-order valence-corrected chi connectivity index (χ0v) is 29.2. The molecular weight excluding hydrogens is 702 g/mol. The minimum atomic E-state index is -0.463. The molecule has 0 unspecified atom stereocenters. The van der Waals surface area contributed by atoms with Gasteiger partial charge in [-0.05, 0) is 60.2 Å². The Hall–Kier alpha value is -3.19. The summed E-state index contributed by atoms with van der Waals surface area (Å²) in [6.45, 7) is 1.95. The number of aromatic nitrogens is 6. The zero-order chi connectivity index (χ0) is 30.3. The van der Waals surface area contributed by atoms with Crippen LogP contribution in [0.15, 0.2) is 131 Å².